The average molecular weight is 396 g/mol. The van der Waals surface area contributed by atoms with Crippen molar-refractivity contribution >= 4 is 23.4 Å². The second-order valence-electron chi connectivity index (χ2n) is 7.69. The summed E-state index contributed by atoms with van der Waals surface area (Å²) in [6.07, 6.45) is -0.214. The molecule has 0 spiro atoms. The molecule has 152 valence electrons. The first kappa shape index (κ1) is 21.5. The van der Waals surface area contributed by atoms with E-state index in [1.165, 1.54) is 10.4 Å². The van der Waals surface area contributed by atoms with Crippen LogP contribution in [0.4, 0.5) is 4.79 Å². The maximum absolute atomic E-state index is 12.1. The summed E-state index contributed by atoms with van der Waals surface area (Å²) in [4.78, 5) is 21.9. The number of guanidine groups is 1. The Bertz CT molecular complexity index is 630. The fourth-order valence-corrected chi connectivity index (χ4v) is 3.63. The number of nitrogens with zero attached hydrogens (tertiary/aromatic N) is 3. The molecular formula is C19H33N5O2S. The summed E-state index contributed by atoms with van der Waals surface area (Å²) in [7, 11) is 1.79. The van der Waals surface area contributed by atoms with Crippen molar-refractivity contribution in [2.24, 2.45) is 4.99 Å². The van der Waals surface area contributed by atoms with Crippen LogP contribution in [0.25, 0.3) is 0 Å². The van der Waals surface area contributed by atoms with Crippen molar-refractivity contribution in [3.63, 3.8) is 0 Å². The summed E-state index contributed by atoms with van der Waals surface area (Å²) in [5.74, 6) is 0.815. The molecule has 8 heteroatoms. The molecule has 0 unspecified atom stereocenters. The Morgan fingerprint density at radius 3 is 2.52 bits per heavy atom. The van der Waals surface area contributed by atoms with Crippen molar-refractivity contribution in [2.75, 3.05) is 46.3 Å². The molecule has 1 aromatic rings. The fraction of sp³-hybridized carbons (Fsp3) is 0.684. The molecule has 1 fully saturated rings. The van der Waals surface area contributed by atoms with E-state index >= 15 is 0 Å². The zero-order valence-corrected chi connectivity index (χ0v) is 18.0. The predicted molar refractivity (Wildman–Crippen MR) is 112 cm³/mol. The standard InChI is InChI=1S/C19H33N5O2S/c1-15-6-13-27-16(15)14-22-17(20-5)21-7-8-23-9-11-24(12-10-23)18(25)26-19(2,3)4/h6,13H,7-12,14H2,1-5H3,(H2,20,21,22). The quantitative estimate of drug-likeness (QED) is 0.591. The number of hydrogen-bond acceptors (Lipinski definition) is 5. The van der Waals surface area contributed by atoms with Gasteiger partial charge in [0.05, 0.1) is 6.54 Å². The maximum atomic E-state index is 12.1. The van der Waals surface area contributed by atoms with Gasteiger partial charge in [-0.05, 0) is 44.7 Å². The molecule has 1 aliphatic rings. The summed E-state index contributed by atoms with van der Waals surface area (Å²) in [6, 6.07) is 2.13. The molecule has 2 heterocycles. The second-order valence-corrected chi connectivity index (χ2v) is 8.69. The van der Waals surface area contributed by atoms with E-state index in [1.54, 1.807) is 23.3 Å². The Balaban J connectivity index is 1.64. The van der Waals surface area contributed by atoms with Crippen LogP contribution in [0, 0.1) is 6.92 Å². The van der Waals surface area contributed by atoms with Crippen LogP contribution in [0.5, 0.6) is 0 Å². The molecule has 2 rings (SSSR count). The summed E-state index contributed by atoms with van der Waals surface area (Å²) in [6.45, 7) is 13.5. The molecule has 0 saturated carbocycles. The lowest BCUT2D eigenvalue weighted by Crippen LogP contribution is -2.51. The van der Waals surface area contributed by atoms with Gasteiger partial charge in [0.1, 0.15) is 5.60 Å². The summed E-state index contributed by atoms with van der Waals surface area (Å²) >= 11 is 1.76. The van der Waals surface area contributed by atoms with E-state index in [1.807, 2.05) is 20.8 Å². The second kappa shape index (κ2) is 9.94. The lowest BCUT2D eigenvalue weighted by atomic mass is 10.2. The number of amides is 1. The molecule has 1 aliphatic heterocycles. The van der Waals surface area contributed by atoms with Gasteiger partial charge in [-0.3, -0.25) is 9.89 Å². The molecule has 0 aromatic carbocycles. The van der Waals surface area contributed by atoms with Crippen LogP contribution >= 0.6 is 11.3 Å². The van der Waals surface area contributed by atoms with Gasteiger partial charge in [0.2, 0.25) is 0 Å². The van der Waals surface area contributed by atoms with E-state index in [0.717, 1.165) is 38.7 Å². The minimum Gasteiger partial charge on any atom is -0.444 e. The third-order valence-electron chi connectivity index (χ3n) is 4.35. The minimum atomic E-state index is -0.442. The number of carbonyl (C=O) groups excluding carboxylic acids is 1. The van der Waals surface area contributed by atoms with Crippen LogP contribution in [0.1, 0.15) is 31.2 Å². The largest absolute Gasteiger partial charge is 0.444 e. The molecule has 1 amide bonds. The Morgan fingerprint density at radius 1 is 1.26 bits per heavy atom. The Hall–Kier alpha value is -1.80. The SMILES string of the molecule is CN=C(NCCN1CCN(C(=O)OC(C)(C)C)CC1)NCc1sccc1C. The monoisotopic (exact) mass is 395 g/mol. The van der Waals surface area contributed by atoms with E-state index in [4.69, 9.17) is 4.74 Å². The normalized spacial score (nSPS) is 16.3. The van der Waals surface area contributed by atoms with Crippen LogP contribution in [-0.4, -0.2) is 73.8 Å². The molecule has 2 N–H and O–H groups in total. The molecule has 0 atom stereocenters. The van der Waals surface area contributed by atoms with Gasteiger partial charge in [-0.2, -0.15) is 0 Å². The van der Waals surface area contributed by atoms with Crippen LogP contribution in [0.15, 0.2) is 16.4 Å². The zero-order valence-electron chi connectivity index (χ0n) is 17.2. The summed E-state index contributed by atoms with van der Waals surface area (Å²) < 4.78 is 5.44. The molecular weight excluding hydrogens is 362 g/mol. The number of ether oxygens (including phenoxy) is 1. The Morgan fingerprint density at radius 2 is 1.96 bits per heavy atom. The van der Waals surface area contributed by atoms with Crippen LogP contribution < -0.4 is 10.6 Å². The van der Waals surface area contributed by atoms with Gasteiger partial charge in [-0.25, -0.2) is 4.79 Å². The van der Waals surface area contributed by atoms with Crippen molar-refractivity contribution in [1.82, 2.24) is 20.4 Å². The Kier molecular flexibility index (Phi) is 7.91. The van der Waals surface area contributed by atoms with E-state index < -0.39 is 5.60 Å². The third kappa shape index (κ3) is 7.38. The van der Waals surface area contributed by atoms with Gasteiger partial charge < -0.3 is 20.3 Å². The highest BCUT2D eigenvalue weighted by molar-refractivity contribution is 7.10. The van der Waals surface area contributed by atoms with Crippen molar-refractivity contribution in [2.45, 2.75) is 39.8 Å². The maximum Gasteiger partial charge on any atom is 0.410 e. The van der Waals surface area contributed by atoms with E-state index in [2.05, 4.69) is 38.9 Å². The highest BCUT2D eigenvalue weighted by atomic mass is 32.1. The molecule has 0 radical (unpaired) electrons. The van der Waals surface area contributed by atoms with Gasteiger partial charge >= 0.3 is 6.09 Å². The number of aliphatic imine (C=N–C) groups is 1. The third-order valence-corrected chi connectivity index (χ3v) is 5.38. The van der Waals surface area contributed by atoms with Crippen LogP contribution in [0.3, 0.4) is 0 Å². The van der Waals surface area contributed by atoms with Gasteiger partial charge in [-0.15, -0.1) is 11.3 Å². The topological polar surface area (TPSA) is 69.2 Å². The predicted octanol–water partition coefficient (Wildman–Crippen LogP) is 2.27. The smallest absolute Gasteiger partial charge is 0.410 e. The van der Waals surface area contributed by atoms with Crippen molar-refractivity contribution < 1.29 is 9.53 Å². The number of carbonyl (C=O) groups is 1. The Labute approximate surface area is 166 Å². The van der Waals surface area contributed by atoms with E-state index in [0.29, 0.717) is 13.1 Å². The van der Waals surface area contributed by atoms with Crippen LogP contribution in [0.2, 0.25) is 0 Å². The van der Waals surface area contributed by atoms with E-state index in [-0.39, 0.29) is 6.09 Å². The lowest BCUT2D eigenvalue weighted by molar-refractivity contribution is 0.0147. The lowest BCUT2D eigenvalue weighted by Gasteiger charge is -2.35. The first-order valence-electron chi connectivity index (χ1n) is 9.46. The molecule has 1 saturated heterocycles. The molecule has 1 aromatic heterocycles. The van der Waals surface area contributed by atoms with Gasteiger partial charge in [0.15, 0.2) is 5.96 Å². The van der Waals surface area contributed by atoms with Gasteiger partial charge in [0, 0.05) is 51.2 Å². The molecule has 0 aliphatic carbocycles. The number of hydrogen-bond donors (Lipinski definition) is 2. The summed E-state index contributed by atoms with van der Waals surface area (Å²) in [5, 5.41) is 8.83. The number of piperazine rings is 1. The van der Waals surface area contributed by atoms with Crippen molar-refractivity contribution in [1.29, 1.82) is 0 Å². The van der Waals surface area contributed by atoms with Crippen molar-refractivity contribution in [3.05, 3.63) is 21.9 Å². The minimum absolute atomic E-state index is 0.214. The first-order valence-corrected chi connectivity index (χ1v) is 10.3. The number of aryl methyl sites for hydroxylation is 1. The number of thiophene rings is 1. The van der Waals surface area contributed by atoms with Crippen LogP contribution in [-0.2, 0) is 11.3 Å². The molecule has 7 nitrogen and oxygen atoms in total. The van der Waals surface area contributed by atoms with Gasteiger partial charge in [0.25, 0.3) is 0 Å². The number of nitrogens with one attached hydrogen (secondary N) is 2. The van der Waals surface area contributed by atoms with Crippen molar-refractivity contribution in [3.8, 4) is 0 Å². The molecule has 0 bridgehead atoms. The molecule has 27 heavy (non-hydrogen) atoms. The first-order chi connectivity index (χ1) is 12.8. The van der Waals surface area contributed by atoms with Gasteiger partial charge in [-0.1, -0.05) is 0 Å². The van der Waals surface area contributed by atoms with E-state index in [9.17, 15) is 4.79 Å². The highest BCUT2D eigenvalue weighted by Crippen LogP contribution is 2.14. The fourth-order valence-electron chi connectivity index (χ4n) is 2.78. The highest BCUT2D eigenvalue weighted by Gasteiger charge is 2.25. The zero-order chi connectivity index (χ0) is 19.9. The number of rotatable bonds is 5. The average Bonchev–Trinajstić information content (AvgIpc) is 3.02. The summed E-state index contributed by atoms with van der Waals surface area (Å²) in [5.41, 5.74) is 0.869.